The molecule has 1 aliphatic heterocycles. The maximum absolute atomic E-state index is 11.5. The Labute approximate surface area is 113 Å². The summed E-state index contributed by atoms with van der Waals surface area (Å²) in [6.45, 7) is 1.55. The van der Waals surface area contributed by atoms with Gasteiger partial charge in [-0.15, -0.1) is 0 Å². The lowest BCUT2D eigenvalue weighted by Gasteiger charge is -2.33. The summed E-state index contributed by atoms with van der Waals surface area (Å²) < 4.78 is 27.5. The zero-order valence-corrected chi connectivity index (χ0v) is 10.9. The highest BCUT2D eigenvalue weighted by Crippen LogP contribution is 2.19. The van der Waals surface area contributed by atoms with Crippen molar-refractivity contribution in [2.24, 2.45) is 0 Å². The largest absolute Gasteiger partial charge is 0.488 e. The van der Waals surface area contributed by atoms with E-state index in [1.54, 1.807) is 12.1 Å². The van der Waals surface area contributed by atoms with E-state index < -0.39 is 24.6 Å². The van der Waals surface area contributed by atoms with Crippen molar-refractivity contribution in [2.75, 3.05) is 24.0 Å². The first-order valence-corrected chi connectivity index (χ1v) is 6.84. The van der Waals surface area contributed by atoms with Crippen LogP contribution in [-0.4, -0.2) is 51.9 Å². The van der Waals surface area contributed by atoms with Gasteiger partial charge in [-0.1, -0.05) is 12.1 Å². The Morgan fingerprint density at radius 1 is 1.47 bits per heavy atom. The molecule has 2 rings (SSSR count). The summed E-state index contributed by atoms with van der Waals surface area (Å²) in [5, 5.41) is 21.3. The molecule has 0 amide bonds. The average Bonchev–Trinajstić information content (AvgIpc) is 2.40. The van der Waals surface area contributed by atoms with E-state index in [9.17, 15) is 8.76 Å². The van der Waals surface area contributed by atoms with Gasteiger partial charge in [-0.2, -0.15) is 0 Å². The lowest BCUT2D eigenvalue weighted by molar-refractivity contribution is 0.0364. The number of anilines is 1. The summed E-state index contributed by atoms with van der Waals surface area (Å²) in [5.41, 5.74) is 0.636. The van der Waals surface area contributed by atoms with E-state index in [4.69, 9.17) is 14.8 Å². The molecule has 7 nitrogen and oxygen atoms in total. The number of hydrogen-bond acceptors (Lipinski definition) is 5. The first-order valence-electron chi connectivity index (χ1n) is 5.78. The van der Waals surface area contributed by atoms with Gasteiger partial charge in [-0.3, -0.25) is 4.55 Å². The number of benzene rings is 1. The molecule has 1 aliphatic rings. The van der Waals surface area contributed by atoms with Crippen molar-refractivity contribution in [1.29, 1.82) is 0 Å². The monoisotopic (exact) mass is 286 g/mol. The number of ether oxygens (including phenoxy) is 1. The van der Waals surface area contributed by atoms with Gasteiger partial charge in [0.1, 0.15) is 0 Å². The average molecular weight is 286 g/mol. The molecule has 2 atom stereocenters. The van der Waals surface area contributed by atoms with Crippen molar-refractivity contribution in [3.63, 3.8) is 0 Å². The third-order valence-corrected chi connectivity index (χ3v) is 3.54. The summed E-state index contributed by atoms with van der Waals surface area (Å²) in [6, 6.07) is 6.15. The Morgan fingerprint density at radius 2 is 2.26 bits per heavy atom. The standard InChI is InChI=1S/C10H15BN2O5S/c14-11(15)8-2-1-3-9(6-8)13(19(16)17)10-7-12-4-5-18-10/h1-3,6,10,12,14-15H,4-5,7H2,(H,16,17). The van der Waals surface area contributed by atoms with Gasteiger partial charge in [0.05, 0.1) is 12.3 Å². The summed E-state index contributed by atoms with van der Waals surface area (Å²) in [7, 11) is -1.63. The molecule has 1 aromatic rings. The minimum absolute atomic E-state index is 0.247. The second kappa shape index (κ2) is 6.46. The molecule has 0 saturated carbocycles. The van der Waals surface area contributed by atoms with Crippen LogP contribution in [0.25, 0.3) is 0 Å². The fourth-order valence-electron chi connectivity index (χ4n) is 1.88. The molecule has 0 spiro atoms. The summed E-state index contributed by atoms with van der Waals surface area (Å²) >= 11 is -2.27. The lowest BCUT2D eigenvalue weighted by atomic mass is 9.80. The van der Waals surface area contributed by atoms with Crippen molar-refractivity contribution in [3.05, 3.63) is 24.3 Å². The fraction of sp³-hybridized carbons (Fsp3) is 0.400. The molecule has 1 fully saturated rings. The third-order valence-electron chi connectivity index (χ3n) is 2.76. The number of nitrogens with one attached hydrogen (secondary N) is 1. The van der Waals surface area contributed by atoms with Crippen molar-refractivity contribution < 1.29 is 23.5 Å². The zero-order chi connectivity index (χ0) is 13.8. The molecule has 19 heavy (non-hydrogen) atoms. The first-order chi connectivity index (χ1) is 9.09. The molecular weight excluding hydrogens is 271 g/mol. The van der Waals surface area contributed by atoms with Crippen molar-refractivity contribution >= 4 is 29.5 Å². The van der Waals surface area contributed by atoms with E-state index in [2.05, 4.69) is 5.32 Å². The molecular formula is C10H15BN2O5S. The molecule has 0 aliphatic carbocycles. The molecule has 0 aromatic heterocycles. The van der Waals surface area contributed by atoms with Crippen LogP contribution in [0.5, 0.6) is 0 Å². The van der Waals surface area contributed by atoms with Gasteiger partial charge in [0.2, 0.25) is 0 Å². The third kappa shape index (κ3) is 3.53. The van der Waals surface area contributed by atoms with E-state index in [0.717, 1.165) is 0 Å². The SMILES string of the molecule is O=S(O)N(c1cccc(B(O)O)c1)C1CNCCO1. The van der Waals surface area contributed by atoms with Crippen LogP contribution in [0.1, 0.15) is 0 Å². The van der Waals surface area contributed by atoms with Crippen LogP contribution in [0.15, 0.2) is 24.3 Å². The van der Waals surface area contributed by atoms with Crippen LogP contribution in [0.4, 0.5) is 5.69 Å². The van der Waals surface area contributed by atoms with Gasteiger partial charge in [0.25, 0.3) is 11.3 Å². The molecule has 0 bridgehead atoms. The van der Waals surface area contributed by atoms with E-state index in [1.165, 1.54) is 16.4 Å². The van der Waals surface area contributed by atoms with Crippen molar-refractivity contribution in [1.82, 2.24) is 5.32 Å². The Bertz CT molecular complexity index is 455. The van der Waals surface area contributed by atoms with Gasteiger partial charge in [0.15, 0.2) is 6.23 Å². The summed E-state index contributed by atoms with van der Waals surface area (Å²) in [4.78, 5) is 0. The van der Waals surface area contributed by atoms with E-state index in [1.807, 2.05) is 0 Å². The number of nitrogens with zero attached hydrogens (tertiary/aromatic N) is 1. The topological polar surface area (TPSA) is 102 Å². The molecule has 104 valence electrons. The maximum Gasteiger partial charge on any atom is 0.488 e. The molecule has 1 saturated heterocycles. The smallest absolute Gasteiger partial charge is 0.423 e. The second-order valence-electron chi connectivity index (χ2n) is 4.05. The predicted octanol–water partition coefficient (Wildman–Crippen LogP) is -1.74. The van der Waals surface area contributed by atoms with Crippen LogP contribution in [0, 0.1) is 0 Å². The van der Waals surface area contributed by atoms with Gasteiger partial charge in [-0.05, 0) is 17.6 Å². The predicted molar refractivity (Wildman–Crippen MR) is 72.1 cm³/mol. The number of morpholine rings is 1. The van der Waals surface area contributed by atoms with Crippen LogP contribution in [0.3, 0.4) is 0 Å². The van der Waals surface area contributed by atoms with Gasteiger partial charge in [-0.25, -0.2) is 8.51 Å². The van der Waals surface area contributed by atoms with Crippen LogP contribution in [0.2, 0.25) is 0 Å². The van der Waals surface area contributed by atoms with Crippen molar-refractivity contribution in [3.8, 4) is 0 Å². The van der Waals surface area contributed by atoms with Crippen LogP contribution in [-0.2, 0) is 16.0 Å². The van der Waals surface area contributed by atoms with E-state index in [0.29, 0.717) is 25.4 Å². The molecule has 4 N–H and O–H groups in total. The number of hydrogen-bond donors (Lipinski definition) is 4. The summed E-state index contributed by atoms with van der Waals surface area (Å²) in [6.07, 6.45) is -0.578. The first kappa shape index (κ1) is 14.4. The quantitative estimate of drug-likeness (QED) is 0.387. The van der Waals surface area contributed by atoms with Gasteiger partial charge in [0, 0.05) is 13.1 Å². The molecule has 1 aromatic carbocycles. The second-order valence-corrected chi connectivity index (χ2v) is 4.91. The Morgan fingerprint density at radius 3 is 2.84 bits per heavy atom. The molecule has 2 unspecified atom stereocenters. The summed E-state index contributed by atoms with van der Waals surface area (Å²) in [5.74, 6) is 0. The highest BCUT2D eigenvalue weighted by Gasteiger charge is 2.27. The lowest BCUT2D eigenvalue weighted by Crippen LogP contribution is -2.50. The van der Waals surface area contributed by atoms with E-state index >= 15 is 0 Å². The minimum Gasteiger partial charge on any atom is -0.423 e. The molecule has 1 heterocycles. The van der Waals surface area contributed by atoms with Gasteiger partial charge >= 0.3 is 7.12 Å². The normalized spacial score (nSPS) is 20.9. The van der Waals surface area contributed by atoms with Crippen LogP contribution < -0.4 is 15.1 Å². The fourth-order valence-corrected chi connectivity index (χ4v) is 2.51. The highest BCUT2D eigenvalue weighted by molar-refractivity contribution is 7.80. The zero-order valence-electron chi connectivity index (χ0n) is 10.1. The Balaban J connectivity index is 2.27. The minimum atomic E-state index is -2.27. The Hall–Kier alpha value is -0.965. The van der Waals surface area contributed by atoms with Crippen LogP contribution >= 0.6 is 0 Å². The molecule has 0 radical (unpaired) electrons. The van der Waals surface area contributed by atoms with Crippen molar-refractivity contribution in [2.45, 2.75) is 6.23 Å². The maximum atomic E-state index is 11.5. The molecule has 9 heteroatoms. The van der Waals surface area contributed by atoms with E-state index in [-0.39, 0.29) is 5.46 Å². The number of rotatable bonds is 4. The van der Waals surface area contributed by atoms with Gasteiger partial charge < -0.3 is 20.1 Å². The highest BCUT2D eigenvalue weighted by atomic mass is 32.2. The Kier molecular flexibility index (Phi) is 4.91.